The van der Waals surface area contributed by atoms with Gasteiger partial charge in [-0.2, -0.15) is 4.99 Å². The van der Waals surface area contributed by atoms with Crippen LogP contribution in [0.3, 0.4) is 0 Å². The number of ether oxygens (including phenoxy) is 1. The summed E-state index contributed by atoms with van der Waals surface area (Å²) in [5.74, 6) is -0.592. The van der Waals surface area contributed by atoms with Gasteiger partial charge < -0.3 is 10.1 Å². The second kappa shape index (κ2) is 6.65. The number of nitrogens with zero attached hydrogens (tertiary/aromatic N) is 1. The largest absolute Gasteiger partial charge is 0.462 e. The summed E-state index contributed by atoms with van der Waals surface area (Å²) in [6.07, 6.45) is 0. The molecule has 108 valence electrons. The minimum Gasteiger partial charge on any atom is -0.462 e. The van der Waals surface area contributed by atoms with E-state index in [0.29, 0.717) is 5.69 Å². The Balaban J connectivity index is 2.19. The summed E-state index contributed by atoms with van der Waals surface area (Å²) in [4.78, 5) is 27.0. The Morgan fingerprint density at radius 1 is 1.14 bits per heavy atom. The van der Waals surface area contributed by atoms with E-state index in [-0.39, 0.29) is 12.3 Å². The Labute approximate surface area is 122 Å². The lowest BCUT2D eigenvalue weighted by atomic mass is 10.1. The van der Waals surface area contributed by atoms with Crippen molar-refractivity contribution in [2.45, 2.75) is 13.8 Å². The van der Waals surface area contributed by atoms with Crippen LogP contribution in [0.15, 0.2) is 47.5 Å². The summed E-state index contributed by atoms with van der Waals surface area (Å²) in [5.41, 5.74) is 0.674. The first-order valence-electron chi connectivity index (χ1n) is 6.63. The number of urea groups is 1. The van der Waals surface area contributed by atoms with Gasteiger partial charge in [-0.15, -0.1) is 0 Å². The summed E-state index contributed by atoms with van der Waals surface area (Å²) in [6.45, 7) is 3.39. The van der Waals surface area contributed by atoms with E-state index in [4.69, 9.17) is 4.74 Å². The number of rotatable bonds is 3. The number of hydrogen-bond donors (Lipinski definition) is 1. The molecule has 21 heavy (non-hydrogen) atoms. The Morgan fingerprint density at radius 2 is 1.86 bits per heavy atom. The number of carbonyl (C=O) groups excluding carboxylic acids is 2. The topological polar surface area (TPSA) is 67.8 Å². The lowest BCUT2D eigenvalue weighted by molar-refractivity contribution is -0.135. The lowest BCUT2D eigenvalue weighted by Crippen LogP contribution is -2.18. The zero-order chi connectivity index (χ0) is 15.2. The van der Waals surface area contributed by atoms with Gasteiger partial charge in [-0.1, -0.05) is 36.4 Å². The van der Waals surface area contributed by atoms with Gasteiger partial charge in [-0.25, -0.2) is 9.59 Å². The number of anilines is 1. The van der Waals surface area contributed by atoms with E-state index in [9.17, 15) is 9.59 Å². The fourth-order valence-electron chi connectivity index (χ4n) is 1.91. The quantitative estimate of drug-likeness (QED) is 0.694. The Hall–Kier alpha value is -2.69. The maximum Gasteiger partial charge on any atom is 0.352 e. The molecule has 2 aromatic rings. The van der Waals surface area contributed by atoms with Crippen LogP contribution < -0.4 is 5.32 Å². The fraction of sp³-hybridized carbons (Fsp3) is 0.188. The van der Waals surface area contributed by atoms with Gasteiger partial charge in [0, 0.05) is 5.39 Å². The van der Waals surface area contributed by atoms with Crippen molar-refractivity contribution in [3.05, 3.63) is 42.5 Å². The molecule has 5 heteroatoms. The third-order valence-corrected chi connectivity index (χ3v) is 2.87. The van der Waals surface area contributed by atoms with Gasteiger partial charge in [-0.3, -0.25) is 0 Å². The van der Waals surface area contributed by atoms with E-state index in [1.165, 1.54) is 6.92 Å². The molecule has 0 bridgehead atoms. The molecule has 2 aromatic carbocycles. The number of fused-ring (bicyclic) bond motifs is 1. The Kier molecular flexibility index (Phi) is 4.66. The number of hydrogen-bond acceptors (Lipinski definition) is 3. The Bertz CT molecular complexity index is 702. The zero-order valence-corrected chi connectivity index (χ0v) is 11.9. The number of amides is 2. The van der Waals surface area contributed by atoms with Crippen molar-refractivity contribution in [3.63, 3.8) is 0 Å². The SMILES string of the molecule is CCOC(=O)C(C)=NC(=O)Nc1cccc2ccccc12. The lowest BCUT2D eigenvalue weighted by Gasteiger charge is -2.07. The maximum atomic E-state index is 11.9. The van der Waals surface area contributed by atoms with Crippen molar-refractivity contribution < 1.29 is 14.3 Å². The molecule has 0 aromatic heterocycles. The smallest absolute Gasteiger partial charge is 0.352 e. The second-order valence-electron chi connectivity index (χ2n) is 4.37. The number of esters is 1. The molecule has 0 aliphatic heterocycles. The molecule has 2 rings (SSSR count). The summed E-state index contributed by atoms with van der Waals surface area (Å²) >= 11 is 0. The van der Waals surface area contributed by atoms with Crippen molar-refractivity contribution in [1.29, 1.82) is 0 Å². The highest BCUT2D eigenvalue weighted by molar-refractivity contribution is 6.37. The van der Waals surface area contributed by atoms with Crippen molar-refractivity contribution in [1.82, 2.24) is 0 Å². The van der Waals surface area contributed by atoms with Gasteiger partial charge in [0.1, 0.15) is 5.71 Å². The van der Waals surface area contributed by atoms with E-state index in [0.717, 1.165) is 10.8 Å². The second-order valence-corrected chi connectivity index (χ2v) is 4.37. The van der Waals surface area contributed by atoms with Crippen LogP contribution in [-0.2, 0) is 9.53 Å². The molecular weight excluding hydrogens is 268 g/mol. The molecule has 0 unspecified atom stereocenters. The number of benzene rings is 2. The van der Waals surface area contributed by atoms with E-state index < -0.39 is 12.0 Å². The summed E-state index contributed by atoms with van der Waals surface area (Å²) in [5, 5.41) is 4.61. The van der Waals surface area contributed by atoms with Gasteiger partial charge in [0.2, 0.25) is 0 Å². The highest BCUT2D eigenvalue weighted by Gasteiger charge is 2.10. The van der Waals surface area contributed by atoms with Gasteiger partial charge in [0.15, 0.2) is 0 Å². The van der Waals surface area contributed by atoms with Gasteiger partial charge in [-0.05, 0) is 25.3 Å². The van der Waals surface area contributed by atoms with E-state index in [2.05, 4.69) is 10.3 Å². The molecule has 0 saturated heterocycles. The van der Waals surface area contributed by atoms with E-state index in [1.54, 1.807) is 13.0 Å². The highest BCUT2D eigenvalue weighted by Crippen LogP contribution is 2.22. The van der Waals surface area contributed by atoms with Crippen molar-refractivity contribution >= 4 is 34.2 Å². The summed E-state index contributed by atoms with van der Waals surface area (Å²) < 4.78 is 4.78. The van der Waals surface area contributed by atoms with Crippen LogP contribution in [0, 0.1) is 0 Å². The van der Waals surface area contributed by atoms with Crippen LogP contribution in [0.1, 0.15) is 13.8 Å². The van der Waals surface area contributed by atoms with E-state index >= 15 is 0 Å². The molecule has 5 nitrogen and oxygen atoms in total. The molecular formula is C16H16N2O3. The molecule has 0 heterocycles. The maximum absolute atomic E-state index is 11.9. The minimum absolute atomic E-state index is 0.0228. The predicted molar refractivity (Wildman–Crippen MR) is 82.7 cm³/mol. The molecule has 0 atom stereocenters. The van der Waals surface area contributed by atoms with Gasteiger partial charge in [0.25, 0.3) is 0 Å². The molecule has 0 fully saturated rings. The van der Waals surface area contributed by atoms with Crippen LogP contribution in [0.25, 0.3) is 10.8 Å². The fourth-order valence-corrected chi connectivity index (χ4v) is 1.91. The molecule has 0 saturated carbocycles. The number of nitrogens with one attached hydrogen (secondary N) is 1. The molecule has 0 spiro atoms. The van der Waals surface area contributed by atoms with E-state index in [1.807, 2.05) is 36.4 Å². The molecule has 0 radical (unpaired) electrons. The first-order chi connectivity index (χ1) is 10.1. The monoisotopic (exact) mass is 284 g/mol. The summed E-state index contributed by atoms with van der Waals surface area (Å²) in [7, 11) is 0. The van der Waals surface area contributed by atoms with Crippen LogP contribution in [0.2, 0.25) is 0 Å². The van der Waals surface area contributed by atoms with Gasteiger partial charge in [0.05, 0.1) is 12.3 Å². The first-order valence-corrected chi connectivity index (χ1v) is 6.63. The normalized spacial score (nSPS) is 11.2. The standard InChI is InChI=1S/C16H16N2O3/c1-3-21-15(19)11(2)17-16(20)18-14-10-6-8-12-7-4-5-9-13(12)14/h4-10H,3H2,1-2H3,(H,18,20). The molecule has 1 N–H and O–H groups in total. The van der Waals surface area contributed by atoms with Crippen LogP contribution >= 0.6 is 0 Å². The molecule has 0 aliphatic carbocycles. The number of carbonyl (C=O) groups is 2. The van der Waals surface area contributed by atoms with Crippen molar-refractivity contribution in [2.75, 3.05) is 11.9 Å². The molecule has 0 aliphatic rings. The number of aliphatic imine (C=N–C) groups is 1. The van der Waals surface area contributed by atoms with Gasteiger partial charge >= 0.3 is 12.0 Å². The van der Waals surface area contributed by atoms with Crippen LogP contribution in [0.4, 0.5) is 10.5 Å². The van der Waals surface area contributed by atoms with Crippen LogP contribution in [0.5, 0.6) is 0 Å². The zero-order valence-electron chi connectivity index (χ0n) is 11.9. The van der Waals surface area contributed by atoms with Crippen LogP contribution in [-0.4, -0.2) is 24.3 Å². The first kappa shape index (κ1) is 14.7. The highest BCUT2D eigenvalue weighted by atomic mass is 16.5. The molecule has 2 amide bonds. The average molecular weight is 284 g/mol. The Morgan fingerprint density at radius 3 is 2.62 bits per heavy atom. The third-order valence-electron chi connectivity index (χ3n) is 2.87. The minimum atomic E-state index is -0.600. The third kappa shape index (κ3) is 3.66. The van der Waals surface area contributed by atoms with Crippen molar-refractivity contribution in [2.24, 2.45) is 4.99 Å². The predicted octanol–water partition coefficient (Wildman–Crippen LogP) is 3.40. The van der Waals surface area contributed by atoms with Crippen molar-refractivity contribution in [3.8, 4) is 0 Å². The average Bonchev–Trinajstić information content (AvgIpc) is 2.47. The summed E-state index contributed by atoms with van der Waals surface area (Å²) in [6, 6.07) is 12.7.